The molecule has 7 nitrogen and oxygen atoms in total. The first-order valence-electron chi connectivity index (χ1n) is 11.2. The maximum atomic E-state index is 12.4. The maximum absolute atomic E-state index is 12.4. The Morgan fingerprint density at radius 2 is 1.84 bits per heavy atom. The van der Waals surface area contributed by atoms with Crippen LogP contribution in [0.2, 0.25) is 0 Å². The Morgan fingerprint density at radius 1 is 1.28 bits per heavy atom. The average molecular weight is 472 g/mol. The van der Waals surface area contributed by atoms with E-state index in [4.69, 9.17) is 5.11 Å². The largest absolute Gasteiger partial charge is 0.481 e. The van der Waals surface area contributed by atoms with E-state index in [1.807, 2.05) is 19.9 Å². The van der Waals surface area contributed by atoms with E-state index in [1.165, 1.54) is 0 Å². The Morgan fingerprint density at radius 3 is 2.38 bits per heavy atom. The van der Waals surface area contributed by atoms with Crippen LogP contribution in [0.1, 0.15) is 79.1 Å². The molecular weight excluding hydrogens is 430 g/mol. The van der Waals surface area contributed by atoms with Crippen LogP contribution in [-0.2, 0) is 19.6 Å². The number of aliphatic carboxylic acids is 1. The second kappa shape index (κ2) is 14.5. The van der Waals surface area contributed by atoms with E-state index in [1.54, 1.807) is 6.92 Å². The van der Waals surface area contributed by atoms with Gasteiger partial charge in [0.1, 0.15) is 5.78 Å². The lowest BCUT2D eigenvalue weighted by atomic mass is 9.81. The molecule has 0 bridgehead atoms. The Bertz CT molecular complexity index is 783. The molecule has 1 aliphatic carbocycles. The highest BCUT2D eigenvalue weighted by Crippen LogP contribution is 2.39. The molecule has 0 aromatic heterocycles. The highest BCUT2D eigenvalue weighted by atomic mass is 32.2. The summed E-state index contributed by atoms with van der Waals surface area (Å²) in [6, 6.07) is 0. The van der Waals surface area contributed by atoms with Crippen molar-refractivity contribution in [2.24, 2.45) is 28.3 Å². The van der Waals surface area contributed by atoms with Crippen LogP contribution in [0.4, 0.5) is 0 Å². The van der Waals surface area contributed by atoms with E-state index in [2.05, 4.69) is 30.0 Å². The number of carboxylic acid groups (broad SMARTS) is 1. The Labute approximate surface area is 193 Å². The topological polar surface area (TPSA) is 135 Å². The number of ketones is 1. The third-order valence-corrected chi connectivity index (χ3v) is 5.75. The third-order valence-electron chi connectivity index (χ3n) is 5.75. The molecule has 184 valence electrons. The van der Waals surface area contributed by atoms with Gasteiger partial charge in [-0.25, -0.2) is 13.6 Å². The molecule has 0 unspecified atom stereocenters. The number of hydrogen-bond donors (Lipinski definition) is 3. The average Bonchev–Trinajstić information content (AvgIpc) is 2.91. The van der Waals surface area contributed by atoms with E-state index in [9.17, 15) is 23.1 Å². The normalized spacial score (nSPS) is 22.1. The summed E-state index contributed by atoms with van der Waals surface area (Å²) < 4.78 is 18.8. The second-order valence-electron chi connectivity index (χ2n) is 9.43. The molecule has 0 aliphatic heterocycles. The Kier molecular flexibility index (Phi) is 13.7. The quantitative estimate of drug-likeness (QED) is 0.240. The van der Waals surface area contributed by atoms with Crippen LogP contribution in [0.15, 0.2) is 12.2 Å². The highest BCUT2D eigenvalue weighted by molar-refractivity contribution is 7.88. The molecule has 4 atom stereocenters. The summed E-state index contributed by atoms with van der Waals surface area (Å²) >= 11 is 0. The van der Waals surface area contributed by atoms with Gasteiger partial charge in [-0.2, -0.15) is 0 Å². The van der Waals surface area contributed by atoms with Crippen LogP contribution in [0, 0.1) is 35.0 Å². The minimum Gasteiger partial charge on any atom is -0.481 e. The SMILES string of the molecule is CC#CCC(C)(C)[C@H](O)/C=C/[C@H]1[C@H](C)CC(=O)[C@@H]1CCCCCCC(=O)O.CS(N)(=O)=O. The molecule has 0 radical (unpaired) electrons. The summed E-state index contributed by atoms with van der Waals surface area (Å²) in [7, 11) is -3.17. The van der Waals surface area contributed by atoms with E-state index in [-0.39, 0.29) is 23.7 Å². The standard InChI is InChI=1S/C23H36O4.CH5NO2S/c1-5-6-15-23(3,4)21(25)14-13-18-17(2)16-20(24)19(18)11-9-7-8-10-12-22(26)27;1-5(2,3)4/h13-14,17-19,21,25H,7-12,15-16H2,1-4H3,(H,26,27);1H3,(H2,2,3,4)/b14-13+;/t17-,18+,19-,21-;/m1./s1. The summed E-state index contributed by atoms with van der Waals surface area (Å²) in [5.74, 6) is 6.01. The number of carbonyl (C=O) groups excluding carboxylic acids is 1. The fourth-order valence-corrected chi connectivity index (χ4v) is 3.80. The molecule has 1 aliphatic rings. The monoisotopic (exact) mass is 471 g/mol. The van der Waals surface area contributed by atoms with E-state index in [0.717, 1.165) is 31.9 Å². The van der Waals surface area contributed by atoms with E-state index >= 15 is 0 Å². The number of nitrogens with two attached hydrogens (primary N) is 1. The molecule has 0 heterocycles. The van der Waals surface area contributed by atoms with Crippen molar-refractivity contribution >= 4 is 21.8 Å². The molecule has 0 amide bonds. The lowest BCUT2D eigenvalue weighted by Crippen LogP contribution is -2.27. The molecule has 4 N–H and O–H groups in total. The van der Waals surface area contributed by atoms with Crippen molar-refractivity contribution in [3.8, 4) is 11.8 Å². The van der Waals surface area contributed by atoms with Gasteiger partial charge in [0.2, 0.25) is 10.0 Å². The number of carboxylic acids is 1. The fraction of sp³-hybridized carbons (Fsp3) is 0.750. The molecular formula is C24H41NO6S. The summed E-state index contributed by atoms with van der Waals surface area (Å²) in [5, 5.41) is 23.5. The van der Waals surface area contributed by atoms with E-state index < -0.39 is 22.1 Å². The zero-order chi connectivity index (χ0) is 24.9. The third kappa shape index (κ3) is 13.7. The van der Waals surface area contributed by atoms with Crippen molar-refractivity contribution in [2.45, 2.75) is 85.2 Å². The van der Waals surface area contributed by atoms with Gasteiger partial charge in [0.15, 0.2) is 0 Å². The van der Waals surface area contributed by atoms with Crippen LogP contribution in [-0.4, -0.2) is 42.7 Å². The first-order valence-corrected chi connectivity index (χ1v) is 13.1. The molecule has 32 heavy (non-hydrogen) atoms. The number of aliphatic hydroxyl groups is 1. The molecule has 1 fully saturated rings. The number of aliphatic hydroxyl groups excluding tert-OH is 1. The number of unbranched alkanes of at least 4 members (excludes halogenated alkanes) is 3. The minimum absolute atomic E-state index is 0.0291. The molecule has 1 saturated carbocycles. The first-order chi connectivity index (χ1) is 14.7. The van der Waals surface area contributed by atoms with Crippen molar-refractivity contribution in [1.29, 1.82) is 0 Å². The summed E-state index contributed by atoms with van der Waals surface area (Å²) in [6.07, 6.45) is 10.1. The van der Waals surface area contributed by atoms with E-state index in [0.29, 0.717) is 31.0 Å². The van der Waals surface area contributed by atoms with Gasteiger partial charge in [-0.1, -0.05) is 52.2 Å². The predicted molar refractivity (Wildman–Crippen MR) is 127 cm³/mol. The van der Waals surface area contributed by atoms with Gasteiger partial charge < -0.3 is 10.2 Å². The smallest absolute Gasteiger partial charge is 0.303 e. The van der Waals surface area contributed by atoms with Gasteiger partial charge in [0.05, 0.1) is 12.4 Å². The van der Waals surface area contributed by atoms with Gasteiger partial charge in [-0.15, -0.1) is 11.8 Å². The van der Waals surface area contributed by atoms with Crippen LogP contribution in [0.3, 0.4) is 0 Å². The van der Waals surface area contributed by atoms with Crippen molar-refractivity contribution in [3.63, 3.8) is 0 Å². The van der Waals surface area contributed by atoms with Crippen LogP contribution in [0.5, 0.6) is 0 Å². The molecule has 0 aromatic carbocycles. The second-order valence-corrected chi connectivity index (χ2v) is 11.1. The van der Waals surface area contributed by atoms with Gasteiger partial charge in [0.25, 0.3) is 0 Å². The van der Waals surface area contributed by atoms with Crippen molar-refractivity contribution in [3.05, 3.63) is 12.2 Å². The zero-order valence-corrected chi connectivity index (χ0v) is 21.0. The Balaban J connectivity index is 0.00000172. The number of Topliss-reactive ketones (excluding diaryl/α,β-unsaturated/α-hetero) is 1. The predicted octanol–water partition coefficient (Wildman–Crippen LogP) is 3.51. The lowest BCUT2D eigenvalue weighted by Gasteiger charge is -2.27. The van der Waals surface area contributed by atoms with Gasteiger partial charge in [0, 0.05) is 30.6 Å². The van der Waals surface area contributed by atoms with Crippen LogP contribution < -0.4 is 5.14 Å². The fourth-order valence-electron chi connectivity index (χ4n) is 3.80. The van der Waals surface area contributed by atoms with Crippen LogP contribution >= 0.6 is 0 Å². The summed E-state index contributed by atoms with van der Waals surface area (Å²) in [5.41, 5.74) is -0.314. The highest BCUT2D eigenvalue weighted by Gasteiger charge is 2.38. The molecule has 8 heteroatoms. The molecule has 0 spiro atoms. The van der Waals surface area contributed by atoms with Crippen molar-refractivity contribution in [2.75, 3.05) is 6.26 Å². The first kappa shape index (κ1) is 30.3. The van der Waals surface area contributed by atoms with Gasteiger partial charge >= 0.3 is 5.97 Å². The van der Waals surface area contributed by atoms with Gasteiger partial charge in [-0.3, -0.25) is 9.59 Å². The maximum Gasteiger partial charge on any atom is 0.303 e. The number of hydrogen-bond acceptors (Lipinski definition) is 5. The Hall–Kier alpha value is -1.69. The van der Waals surface area contributed by atoms with Crippen molar-refractivity contribution < 1.29 is 28.2 Å². The van der Waals surface area contributed by atoms with Crippen molar-refractivity contribution in [1.82, 2.24) is 0 Å². The molecule has 0 saturated heterocycles. The lowest BCUT2D eigenvalue weighted by molar-refractivity contribution is -0.137. The van der Waals surface area contributed by atoms with Gasteiger partial charge in [-0.05, 0) is 31.6 Å². The molecule has 1 rings (SSSR count). The number of sulfonamides is 1. The number of rotatable bonds is 11. The number of allylic oxidation sites excluding steroid dienone is 1. The van der Waals surface area contributed by atoms with Crippen LogP contribution in [0.25, 0.3) is 0 Å². The number of primary sulfonamides is 1. The number of carbonyl (C=O) groups is 2. The zero-order valence-electron chi connectivity index (χ0n) is 20.1. The summed E-state index contributed by atoms with van der Waals surface area (Å²) in [6.45, 7) is 7.92. The summed E-state index contributed by atoms with van der Waals surface area (Å²) in [4.78, 5) is 22.9. The molecule has 0 aromatic rings. The minimum atomic E-state index is -3.17.